The van der Waals surface area contributed by atoms with Crippen molar-refractivity contribution in [2.45, 2.75) is 45.3 Å². The van der Waals surface area contributed by atoms with Gasteiger partial charge in [0.05, 0.1) is 0 Å². The molecule has 3 aromatic rings. The first kappa shape index (κ1) is 23.2. The van der Waals surface area contributed by atoms with E-state index < -0.39 is 29.0 Å². The van der Waals surface area contributed by atoms with Crippen LogP contribution < -0.4 is 10.6 Å². The maximum atomic E-state index is 13.8. The van der Waals surface area contributed by atoms with Gasteiger partial charge in [-0.3, -0.25) is 4.98 Å². The number of hydrogen-bond acceptors (Lipinski definition) is 7. The van der Waals surface area contributed by atoms with E-state index in [9.17, 15) is 22.0 Å². The van der Waals surface area contributed by atoms with E-state index >= 15 is 0 Å². The van der Waals surface area contributed by atoms with Crippen LogP contribution in [-0.4, -0.2) is 30.5 Å². The van der Waals surface area contributed by atoms with Crippen LogP contribution in [0.2, 0.25) is 0 Å². The zero-order valence-electron chi connectivity index (χ0n) is 17.6. The summed E-state index contributed by atoms with van der Waals surface area (Å²) in [5, 5.41) is 0. The first-order valence-corrected chi connectivity index (χ1v) is 9.37. The molecule has 0 spiro atoms. The van der Waals surface area contributed by atoms with Crippen molar-refractivity contribution >= 4 is 17.6 Å². The highest BCUT2D eigenvalue weighted by Crippen LogP contribution is 2.35. The second kappa shape index (κ2) is 7.92. The van der Waals surface area contributed by atoms with Crippen molar-refractivity contribution in [1.29, 1.82) is 0 Å². The minimum Gasteiger partial charge on any atom is -0.368 e. The van der Waals surface area contributed by atoms with E-state index in [0.717, 1.165) is 13.0 Å². The van der Waals surface area contributed by atoms with Gasteiger partial charge in [-0.2, -0.15) is 36.9 Å². The Hall–Kier alpha value is -3.44. The molecule has 0 amide bonds. The molecule has 0 aliphatic rings. The summed E-state index contributed by atoms with van der Waals surface area (Å²) in [5.41, 5.74) is 3.60. The Bertz CT molecular complexity index is 1120. The summed E-state index contributed by atoms with van der Waals surface area (Å²) in [4.78, 5) is 21.0. The molecule has 0 aliphatic heterocycles. The average molecular weight is 453 g/mol. The summed E-state index contributed by atoms with van der Waals surface area (Å²) in [7, 11) is 0. The molecule has 0 atom stereocenters. The van der Waals surface area contributed by atoms with Crippen LogP contribution in [0.5, 0.6) is 0 Å². The van der Waals surface area contributed by atoms with Gasteiger partial charge in [-0.25, -0.2) is 4.98 Å². The number of nitrogens with two attached hydrogens (primary N) is 1. The van der Waals surface area contributed by atoms with Gasteiger partial charge in [0.1, 0.15) is 17.1 Å². The Kier molecular flexibility index (Phi) is 5.75. The Morgan fingerprint density at radius 3 is 2.12 bits per heavy atom. The fraction of sp³-hybridized carbons (Fsp3) is 0.350. The molecule has 32 heavy (non-hydrogen) atoms. The predicted octanol–water partition coefficient (Wildman–Crippen LogP) is 4.98. The van der Waals surface area contributed by atoms with Crippen LogP contribution in [0, 0.1) is 0 Å². The monoisotopic (exact) mass is 453 g/mol. The zero-order valence-corrected chi connectivity index (χ0v) is 17.6. The van der Waals surface area contributed by atoms with Crippen molar-refractivity contribution in [2.24, 2.45) is 0 Å². The smallest absolute Gasteiger partial charge is 0.368 e. The Balaban J connectivity index is 2.16. The minimum atomic E-state index is -4.66. The maximum absolute atomic E-state index is 13.8. The standard InChI is InChI=1S/C20H20F5N7/c1-18(2,3)32(11-8-9-27-14(10-11)19(4,21)22)17-30-15(29-16(26)31-17)12-6-5-7-13(28-12)20(23,24)25/h5-10H,1-4H3,(H2,26,29,30,31). The number of alkyl halides is 5. The lowest BCUT2D eigenvalue weighted by molar-refractivity contribution is -0.141. The SMILES string of the molecule is CC(F)(F)c1cc(N(c2nc(N)nc(-c3cccc(C(F)(F)F)n3)n2)C(C)(C)C)ccn1. The van der Waals surface area contributed by atoms with Crippen molar-refractivity contribution in [2.75, 3.05) is 10.6 Å². The third kappa shape index (κ3) is 5.06. The van der Waals surface area contributed by atoms with Crippen LogP contribution in [0.15, 0.2) is 36.5 Å². The summed E-state index contributed by atoms with van der Waals surface area (Å²) in [6.07, 6.45) is -3.44. The van der Waals surface area contributed by atoms with Crippen molar-refractivity contribution in [3.8, 4) is 11.5 Å². The number of nitrogen functional groups attached to an aromatic ring is 1. The van der Waals surface area contributed by atoms with Crippen molar-refractivity contribution in [3.63, 3.8) is 0 Å². The summed E-state index contributed by atoms with van der Waals surface area (Å²) >= 11 is 0. The van der Waals surface area contributed by atoms with Gasteiger partial charge >= 0.3 is 6.18 Å². The summed E-state index contributed by atoms with van der Waals surface area (Å²) in [6.45, 7) is 6.05. The van der Waals surface area contributed by atoms with Gasteiger partial charge < -0.3 is 10.6 Å². The summed E-state index contributed by atoms with van der Waals surface area (Å²) < 4.78 is 66.9. The lowest BCUT2D eigenvalue weighted by atomic mass is 10.0. The average Bonchev–Trinajstić information content (AvgIpc) is 2.65. The molecule has 0 fully saturated rings. The van der Waals surface area contributed by atoms with E-state index in [1.807, 2.05) is 0 Å². The number of halogens is 5. The zero-order chi connectivity index (χ0) is 23.9. The van der Waals surface area contributed by atoms with Gasteiger partial charge in [0.25, 0.3) is 5.92 Å². The van der Waals surface area contributed by atoms with Crippen LogP contribution in [0.25, 0.3) is 11.5 Å². The molecule has 0 aliphatic carbocycles. The molecule has 3 heterocycles. The highest BCUT2D eigenvalue weighted by Gasteiger charge is 2.34. The van der Waals surface area contributed by atoms with E-state index in [1.165, 1.54) is 35.4 Å². The second-order valence-corrected chi connectivity index (χ2v) is 8.02. The van der Waals surface area contributed by atoms with Crippen LogP contribution >= 0.6 is 0 Å². The fourth-order valence-electron chi connectivity index (χ4n) is 2.91. The largest absolute Gasteiger partial charge is 0.433 e. The van der Waals surface area contributed by atoms with E-state index in [1.54, 1.807) is 20.8 Å². The van der Waals surface area contributed by atoms with Gasteiger partial charge in [-0.1, -0.05) is 6.07 Å². The molecule has 12 heteroatoms. The topological polar surface area (TPSA) is 93.7 Å². The number of rotatable bonds is 4. The number of aromatic nitrogens is 5. The van der Waals surface area contributed by atoms with E-state index in [2.05, 4.69) is 24.9 Å². The second-order valence-electron chi connectivity index (χ2n) is 8.02. The van der Waals surface area contributed by atoms with Gasteiger partial charge in [-0.05, 0) is 45.0 Å². The number of pyridine rings is 2. The summed E-state index contributed by atoms with van der Waals surface area (Å²) in [6, 6.07) is 5.97. The molecule has 2 N–H and O–H groups in total. The first-order chi connectivity index (χ1) is 14.7. The number of hydrogen-bond donors (Lipinski definition) is 1. The Labute approximate surface area is 180 Å². The van der Waals surface area contributed by atoms with Crippen LogP contribution in [0.1, 0.15) is 39.1 Å². The lowest BCUT2D eigenvalue weighted by Gasteiger charge is -2.36. The molecular weight excluding hydrogens is 433 g/mol. The van der Waals surface area contributed by atoms with Crippen molar-refractivity contribution in [3.05, 3.63) is 47.9 Å². The molecular formula is C20H20F5N7. The third-order valence-corrected chi connectivity index (χ3v) is 4.23. The Morgan fingerprint density at radius 1 is 0.844 bits per heavy atom. The van der Waals surface area contributed by atoms with E-state index in [-0.39, 0.29) is 29.1 Å². The highest BCUT2D eigenvalue weighted by atomic mass is 19.4. The highest BCUT2D eigenvalue weighted by molar-refractivity contribution is 5.63. The molecule has 0 saturated carbocycles. The molecule has 0 aromatic carbocycles. The summed E-state index contributed by atoms with van der Waals surface area (Å²) in [5.74, 6) is -3.70. The van der Waals surface area contributed by atoms with E-state index in [0.29, 0.717) is 0 Å². The van der Waals surface area contributed by atoms with E-state index in [4.69, 9.17) is 5.73 Å². The van der Waals surface area contributed by atoms with Crippen molar-refractivity contribution < 1.29 is 22.0 Å². The first-order valence-electron chi connectivity index (χ1n) is 9.37. The third-order valence-electron chi connectivity index (χ3n) is 4.23. The number of anilines is 3. The molecule has 0 bridgehead atoms. The van der Waals surface area contributed by atoms with Crippen LogP contribution in [0.3, 0.4) is 0 Å². The lowest BCUT2D eigenvalue weighted by Crippen LogP contribution is -2.39. The molecule has 3 aromatic heterocycles. The van der Waals surface area contributed by atoms with Crippen molar-refractivity contribution in [1.82, 2.24) is 24.9 Å². The Morgan fingerprint density at radius 2 is 1.53 bits per heavy atom. The van der Waals surface area contributed by atoms with Crippen LogP contribution in [-0.2, 0) is 12.1 Å². The molecule has 0 unspecified atom stereocenters. The van der Waals surface area contributed by atoms with Crippen LogP contribution in [0.4, 0.5) is 39.5 Å². The molecule has 0 saturated heterocycles. The molecule has 0 radical (unpaired) electrons. The number of nitrogens with zero attached hydrogens (tertiary/aromatic N) is 6. The maximum Gasteiger partial charge on any atom is 0.433 e. The molecule has 7 nitrogen and oxygen atoms in total. The normalized spacial score (nSPS) is 12.7. The van der Waals surface area contributed by atoms with Gasteiger partial charge in [0.2, 0.25) is 11.9 Å². The minimum absolute atomic E-state index is 0.0456. The molecule has 3 rings (SSSR count). The van der Waals surface area contributed by atoms with Gasteiger partial charge in [0.15, 0.2) is 5.82 Å². The predicted molar refractivity (Wildman–Crippen MR) is 108 cm³/mol. The van der Waals surface area contributed by atoms with Gasteiger partial charge in [0, 0.05) is 24.3 Å². The molecule has 170 valence electrons. The van der Waals surface area contributed by atoms with Gasteiger partial charge in [-0.15, -0.1) is 0 Å². The fourth-order valence-corrected chi connectivity index (χ4v) is 2.91. The quantitative estimate of drug-likeness (QED) is 0.557.